The van der Waals surface area contributed by atoms with Crippen molar-refractivity contribution in [3.63, 3.8) is 0 Å². The fourth-order valence-electron chi connectivity index (χ4n) is 1.18. The third-order valence-corrected chi connectivity index (χ3v) is 3.92. The summed E-state index contributed by atoms with van der Waals surface area (Å²) in [5, 5.41) is 8.36. The zero-order valence-electron chi connectivity index (χ0n) is 9.10. The van der Waals surface area contributed by atoms with E-state index in [2.05, 4.69) is 20.7 Å². The molecule has 0 aliphatic heterocycles. The molecule has 92 valence electrons. The minimum absolute atomic E-state index is 0.0484. The monoisotopic (exact) mass is 318 g/mol. The number of nitriles is 1. The summed E-state index contributed by atoms with van der Waals surface area (Å²) >= 11 is 3.20. The molecule has 5 nitrogen and oxygen atoms in total. The van der Waals surface area contributed by atoms with Crippen molar-refractivity contribution < 1.29 is 13.2 Å². The van der Waals surface area contributed by atoms with Crippen LogP contribution in [0.5, 0.6) is 5.75 Å². The molecular formula is C10H11BrN2O3S. The van der Waals surface area contributed by atoms with Gasteiger partial charge in [-0.1, -0.05) is 15.9 Å². The van der Waals surface area contributed by atoms with Crippen molar-refractivity contribution in [2.45, 2.75) is 11.3 Å². The Morgan fingerprint density at radius 2 is 2.24 bits per heavy atom. The highest BCUT2D eigenvalue weighted by molar-refractivity contribution is 9.10. The zero-order chi connectivity index (χ0) is 12.9. The molecule has 0 amide bonds. The normalized spacial score (nSPS) is 10.9. The van der Waals surface area contributed by atoms with Crippen LogP contribution in [0.3, 0.4) is 0 Å². The topological polar surface area (TPSA) is 79.2 Å². The van der Waals surface area contributed by atoms with Gasteiger partial charge >= 0.3 is 0 Å². The first-order valence-corrected chi connectivity index (χ1v) is 6.99. The first kappa shape index (κ1) is 14.0. The van der Waals surface area contributed by atoms with Gasteiger partial charge in [0.2, 0.25) is 10.0 Å². The number of nitrogens with one attached hydrogen (secondary N) is 1. The number of rotatable bonds is 5. The van der Waals surface area contributed by atoms with E-state index in [4.69, 9.17) is 10.00 Å². The van der Waals surface area contributed by atoms with Gasteiger partial charge < -0.3 is 4.74 Å². The molecule has 0 atom stereocenters. The maximum atomic E-state index is 11.9. The number of hydrogen-bond donors (Lipinski definition) is 1. The van der Waals surface area contributed by atoms with Crippen LogP contribution in [-0.2, 0) is 10.0 Å². The van der Waals surface area contributed by atoms with Crippen LogP contribution in [0, 0.1) is 11.3 Å². The maximum absolute atomic E-state index is 11.9. The summed E-state index contributed by atoms with van der Waals surface area (Å²) < 4.78 is 31.8. The third kappa shape index (κ3) is 3.70. The van der Waals surface area contributed by atoms with Gasteiger partial charge in [-0.05, 0) is 18.2 Å². The molecule has 17 heavy (non-hydrogen) atoms. The quantitative estimate of drug-likeness (QED) is 0.837. The van der Waals surface area contributed by atoms with Crippen molar-refractivity contribution in [3.8, 4) is 11.8 Å². The molecule has 1 aromatic rings. The van der Waals surface area contributed by atoms with E-state index in [1.807, 2.05) is 6.07 Å². The second-order valence-electron chi connectivity index (χ2n) is 3.10. The van der Waals surface area contributed by atoms with Crippen molar-refractivity contribution in [2.75, 3.05) is 13.7 Å². The van der Waals surface area contributed by atoms with Crippen molar-refractivity contribution in [1.29, 1.82) is 5.26 Å². The lowest BCUT2D eigenvalue weighted by Gasteiger charge is -2.10. The van der Waals surface area contributed by atoms with Gasteiger partial charge in [0, 0.05) is 17.4 Å². The Bertz CT molecular complexity index is 537. The molecule has 0 heterocycles. The van der Waals surface area contributed by atoms with Crippen molar-refractivity contribution >= 4 is 26.0 Å². The molecule has 7 heteroatoms. The van der Waals surface area contributed by atoms with E-state index in [1.54, 1.807) is 12.1 Å². The van der Waals surface area contributed by atoms with Gasteiger partial charge in [0.05, 0.1) is 13.2 Å². The van der Waals surface area contributed by atoms with E-state index in [-0.39, 0.29) is 23.6 Å². The number of ether oxygens (including phenoxy) is 1. The van der Waals surface area contributed by atoms with Crippen molar-refractivity contribution in [1.82, 2.24) is 4.72 Å². The van der Waals surface area contributed by atoms with Gasteiger partial charge in [-0.2, -0.15) is 5.26 Å². The average molecular weight is 319 g/mol. The first-order valence-electron chi connectivity index (χ1n) is 4.71. The minimum Gasteiger partial charge on any atom is -0.495 e. The van der Waals surface area contributed by atoms with Crippen molar-refractivity contribution in [2.24, 2.45) is 0 Å². The molecule has 0 radical (unpaired) electrons. The zero-order valence-corrected chi connectivity index (χ0v) is 11.5. The minimum atomic E-state index is -3.65. The lowest BCUT2D eigenvalue weighted by Crippen LogP contribution is -2.25. The van der Waals surface area contributed by atoms with Gasteiger partial charge in [-0.3, -0.25) is 0 Å². The molecule has 0 aromatic heterocycles. The van der Waals surface area contributed by atoms with E-state index in [0.717, 1.165) is 0 Å². The highest BCUT2D eigenvalue weighted by Crippen LogP contribution is 2.26. The predicted octanol–water partition coefficient (Wildman–Crippen LogP) is 1.65. The van der Waals surface area contributed by atoms with Gasteiger partial charge in [0.1, 0.15) is 10.6 Å². The largest absolute Gasteiger partial charge is 0.495 e. The number of sulfonamides is 1. The summed E-state index contributed by atoms with van der Waals surface area (Å²) in [6.45, 7) is 0.0779. The summed E-state index contributed by atoms with van der Waals surface area (Å²) in [5.41, 5.74) is 0. The van der Waals surface area contributed by atoms with Gasteiger partial charge in [0.25, 0.3) is 0 Å². The molecular weight excluding hydrogens is 308 g/mol. The number of hydrogen-bond acceptors (Lipinski definition) is 4. The van der Waals surface area contributed by atoms with Crippen LogP contribution in [-0.4, -0.2) is 22.1 Å². The Kier molecular flexibility index (Phi) is 4.93. The van der Waals surface area contributed by atoms with E-state index >= 15 is 0 Å². The molecule has 0 aliphatic rings. The van der Waals surface area contributed by atoms with E-state index in [9.17, 15) is 8.42 Å². The van der Waals surface area contributed by atoms with Crippen LogP contribution < -0.4 is 9.46 Å². The van der Waals surface area contributed by atoms with Crippen LogP contribution >= 0.6 is 15.9 Å². The molecule has 0 bridgehead atoms. The molecule has 0 spiro atoms. The van der Waals surface area contributed by atoms with Gasteiger partial charge in [-0.15, -0.1) is 0 Å². The Balaban J connectivity index is 3.05. The number of benzene rings is 1. The summed E-state index contributed by atoms with van der Waals surface area (Å²) in [6, 6.07) is 6.56. The smallest absolute Gasteiger partial charge is 0.244 e. The lowest BCUT2D eigenvalue weighted by atomic mass is 10.3. The summed E-state index contributed by atoms with van der Waals surface area (Å²) in [4.78, 5) is 0.0484. The molecule has 0 saturated carbocycles. The van der Waals surface area contributed by atoms with Crippen LogP contribution in [0.1, 0.15) is 6.42 Å². The number of halogens is 1. The van der Waals surface area contributed by atoms with E-state index in [0.29, 0.717) is 4.47 Å². The molecule has 0 unspecified atom stereocenters. The fraction of sp³-hybridized carbons (Fsp3) is 0.300. The number of methoxy groups -OCH3 is 1. The summed E-state index contributed by atoms with van der Waals surface area (Å²) in [5.74, 6) is 0.262. The van der Waals surface area contributed by atoms with Crippen LogP contribution in [0.4, 0.5) is 0 Å². The Hall–Kier alpha value is -1.10. The van der Waals surface area contributed by atoms with E-state index < -0.39 is 10.0 Å². The Morgan fingerprint density at radius 3 is 2.82 bits per heavy atom. The van der Waals surface area contributed by atoms with Crippen LogP contribution in [0.15, 0.2) is 27.6 Å². The molecule has 1 rings (SSSR count). The fourth-order valence-corrected chi connectivity index (χ4v) is 2.92. The lowest BCUT2D eigenvalue weighted by molar-refractivity contribution is 0.402. The molecule has 0 saturated heterocycles. The predicted molar refractivity (Wildman–Crippen MR) is 66.1 cm³/mol. The summed E-state index contributed by atoms with van der Waals surface area (Å²) in [7, 11) is -2.25. The van der Waals surface area contributed by atoms with Crippen molar-refractivity contribution in [3.05, 3.63) is 22.7 Å². The molecule has 1 aromatic carbocycles. The Labute approximate surface area is 109 Å². The van der Waals surface area contributed by atoms with E-state index in [1.165, 1.54) is 13.2 Å². The highest BCUT2D eigenvalue weighted by atomic mass is 79.9. The second-order valence-corrected chi connectivity index (χ2v) is 5.75. The second kappa shape index (κ2) is 6.00. The third-order valence-electron chi connectivity index (χ3n) is 1.94. The molecule has 0 fully saturated rings. The SMILES string of the molecule is COc1ccc(Br)cc1S(=O)(=O)NCCC#N. The molecule has 1 N–H and O–H groups in total. The van der Waals surface area contributed by atoms with Gasteiger partial charge in [-0.25, -0.2) is 13.1 Å². The van der Waals surface area contributed by atoms with Crippen LogP contribution in [0.25, 0.3) is 0 Å². The van der Waals surface area contributed by atoms with Crippen LogP contribution in [0.2, 0.25) is 0 Å². The summed E-state index contributed by atoms with van der Waals surface area (Å²) in [6.07, 6.45) is 0.121. The highest BCUT2D eigenvalue weighted by Gasteiger charge is 2.19. The standard InChI is InChI=1S/C10H11BrN2O3S/c1-16-9-4-3-8(11)7-10(9)17(14,15)13-6-2-5-12/h3-4,7,13H,2,6H2,1H3. The van der Waals surface area contributed by atoms with Gasteiger partial charge in [0.15, 0.2) is 0 Å². The first-order chi connectivity index (χ1) is 8.01. The Morgan fingerprint density at radius 1 is 1.53 bits per heavy atom. The maximum Gasteiger partial charge on any atom is 0.244 e. The molecule has 0 aliphatic carbocycles. The average Bonchev–Trinajstić information content (AvgIpc) is 2.29. The number of nitrogens with zero attached hydrogens (tertiary/aromatic N) is 1.